The van der Waals surface area contributed by atoms with E-state index < -0.39 is 0 Å². The Labute approximate surface area is 131 Å². The third-order valence-electron chi connectivity index (χ3n) is 3.83. The summed E-state index contributed by atoms with van der Waals surface area (Å²) in [6.45, 7) is 11.2. The highest BCUT2D eigenvalue weighted by atomic mass is 35.5. The number of piperidine rings is 1. The molecule has 2 rings (SSSR count). The molecule has 2 heterocycles. The number of halogens is 1. The number of carbonyl (C=O) groups is 1. The quantitative estimate of drug-likeness (QED) is 0.902. The summed E-state index contributed by atoms with van der Waals surface area (Å²) < 4.78 is 1.63. The van der Waals surface area contributed by atoms with E-state index in [1.807, 2.05) is 6.92 Å². The van der Waals surface area contributed by atoms with Crippen molar-refractivity contribution in [3.8, 4) is 0 Å². The molecular weight excluding hydrogens is 288 g/mol. The van der Waals surface area contributed by atoms with Crippen molar-refractivity contribution in [3.05, 3.63) is 16.9 Å². The van der Waals surface area contributed by atoms with Crippen LogP contribution in [0.5, 0.6) is 0 Å². The summed E-state index contributed by atoms with van der Waals surface area (Å²) >= 11 is 6.09. The fourth-order valence-corrected chi connectivity index (χ4v) is 3.73. The summed E-state index contributed by atoms with van der Waals surface area (Å²) in [5.41, 5.74) is 0.441. The first-order chi connectivity index (χ1) is 9.63. The van der Waals surface area contributed by atoms with Gasteiger partial charge in [-0.3, -0.25) is 9.48 Å². The topological polar surface area (TPSA) is 59.0 Å². The largest absolute Gasteiger partial charge is 0.348 e. The van der Waals surface area contributed by atoms with Crippen molar-refractivity contribution in [1.82, 2.24) is 20.4 Å². The third kappa shape index (κ3) is 3.77. The molecule has 0 radical (unpaired) electrons. The summed E-state index contributed by atoms with van der Waals surface area (Å²) in [7, 11) is 0. The lowest BCUT2D eigenvalue weighted by atomic mass is 9.79. The zero-order valence-corrected chi connectivity index (χ0v) is 14.2. The summed E-state index contributed by atoms with van der Waals surface area (Å²) in [4.78, 5) is 12.5. The van der Waals surface area contributed by atoms with Crippen molar-refractivity contribution in [2.75, 3.05) is 0 Å². The average Bonchev–Trinajstić information content (AvgIpc) is 2.65. The Morgan fingerprint density at radius 2 is 2.00 bits per heavy atom. The molecule has 1 aliphatic heterocycles. The van der Waals surface area contributed by atoms with E-state index in [-0.39, 0.29) is 23.0 Å². The Morgan fingerprint density at radius 1 is 1.43 bits per heavy atom. The standard InChI is InChI=1S/C15H25ClN4O/c1-6-20-12(11(16)9-17-20)13(21)18-10-7-14(2,3)19-15(4,5)8-10/h9-10,19H,6-8H2,1-5H3,(H,18,21). The Kier molecular flexibility index (Phi) is 4.36. The van der Waals surface area contributed by atoms with Gasteiger partial charge in [0.15, 0.2) is 0 Å². The number of hydrogen-bond donors (Lipinski definition) is 2. The Balaban J connectivity index is 2.14. The van der Waals surface area contributed by atoms with Crippen LogP contribution in [-0.2, 0) is 6.54 Å². The Bertz CT molecular complexity index is 520. The predicted molar refractivity (Wildman–Crippen MR) is 84.7 cm³/mol. The van der Waals surface area contributed by atoms with Gasteiger partial charge in [-0.15, -0.1) is 0 Å². The van der Waals surface area contributed by atoms with Crippen LogP contribution in [0, 0.1) is 0 Å². The molecule has 0 spiro atoms. The van der Waals surface area contributed by atoms with Crippen LogP contribution in [-0.4, -0.2) is 32.8 Å². The van der Waals surface area contributed by atoms with Crippen molar-refractivity contribution in [2.45, 2.75) is 71.1 Å². The molecule has 0 bridgehead atoms. The second-order valence-corrected chi connectivity index (χ2v) is 7.54. The number of amides is 1. The van der Waals surface area contributed by atoms with Gasteiger partial charge in [0, 0.05) is 23.7 Å². The van der Waals surface area contributed by atoms with E-state index in [1.165, 1.54) is 6.20 Å². The molecular formula is C15H25ClN4O. The van der Waals surface area contributed by atoms with Gasteiger partial charge in [-0.25, -0.2) is 0 Å². The van der Waals surface area contributed by atoms with E-state index >= 15 is 0 Å². The highest BCUT2D eigenvalue weighted by molar-refractivity contribution is 6.33. The lowest BCUT2D eigenvalue weighted by Crippen LogP contribution is -2.62. The first kappa shape index (κ1) is 16.3. The average molecular weight is 313 g/mol. The minimum absolute atomic E-state index is 0.00546. The van der Waals surface area contributed by atoms with E-state index in [4.69, 9.17) is 11.6 Å². The van der Waals surface area contributed by atoms with Crippen LogP contribution in [0.3, 0.4) is 0 Å². The maximum absolute atomic E-state index is 12.5. The second kappa shape index (κ2) is 5.61. The molecule has 0 unspecified atom stereocenters. The number of carbonyl (C=O) groups excluding carboxylic acids is 1. The van der Waals surface area contributed by atoms with Gasteiger partial charge in [0.05, 0.1) is 11.2 Å². The molecule has 1 fully saturated rings. The molecule has 1 aliphatic rings. The van der Waals surface area contributed by atoms with Crippen LogP contribution in [0.25, 0.3) is 0 Å². The second-order valence-electron chi connectivity index (χ2n) is 7.13. The van der Waals surface area contributed by atoms with E-state index in [1.54, 1.807) is 4.68 Å². The Hall–Kier alpha value is -1.07. The zero-order valence-electron chi connectivity index (χ0n) is 13.5. The van der Waals surface area contributed by atoms with Crippen LogP contribution in [0.4, 0.5) is 0 Å². The SMILES string of the molecule is CCn1ncc(Cl)c1C(=O)NC1CC(C)(C)NC(C)(C)C1. The van der Waals surface area contributed by atoms with Crippen molar-refractivity contribution < 1.29 is 4.79 Å². The number of nitrogens with zero attached hydrogens (tertiary/aromatic N) is 2. The van der Waals surface area contributed by atoms with Crippen molar-refractivity contribution in [1.29, 1.82) is 0 Å². The van der Waals surface area contributed by atoms with Crippen LogP contribution >= 0.6 is 11.6 Å². The lowest BCUT2D eigenvalue weighted by Gasteiger charge is -2.46. The molecule has 0 aliphatic carbocycles. The minimum atomic E-state index is -0.141. The predicted octanol–water partition coefficient (Wildman–Crippen LogP) is 2.60. The van der Waals surface area contributed by atoms with E-state index in [0.717, 1.165) is 12.8 Å². The van der Waals surface area contributed by atoms with Crippen LogP contribution in [0.2, 0.25) is 5.02 Å². The molecule has 118 valence electrons. The van der Waals surface area contributed by atoms with E-state index in [2.05, 4.69) is 43.4 Å². The first-order valence-corrected chi connectivity index (χ1v) is 7.83. The molecule has 1 saturated heterocycles. The fourth-order valence-electron chi connectivity index (χ4n) is 3.51. The smallest absolute Gasteiger partial charge is 0.271 e. The van der Waals surface area contributed by atoms with Gasteiger partial charge in [-0.05, 0) is 47.5 Å². The molecule has 2 N–H and O–H groups in total. The maximum atomic E-state index is 12.5. The van der Waals surface area contributed by atoms with Gasteiger partial charge in [0.25, 0.3) is 5.91 Å². The molecule has 0 saturated carbocycles. The van der Waals surface area contributed by atoms with Crippen molar-refractivity contribution >= 4 is 17.5 Å². The number of nitrogens with one attached hydrogen (secondary N) is 2. The van der Waals surface area contributed by atoms with Crippen molar-refractivity contribution in [2.24, 2.45) is 0 Å². The molecule has 5 nitrogen and oxygen atoms in total. The van der Waals surface area contributed by atoms with E-state index in [0.29, 0.717) is 17.3 Å². The molecule has 1 amide bonds. The molecule has 1 aromatic rings. The summed E-state index contributed by atoms with van der Waals surface area (Å²) in [5, 5.41) is 11.3. The molecule has 6 heteroatoms. The van der Waals surface area contributed by atoms with Gasteiger partial charge in [0.1, 0.15) is 5.69 Å². The number of aromatic nitrogens is 2. The van der Waals surface area contributed by atoms with Gasteiger partial charge < -0.3 is 10.6 Å². The zero-order chi connectivity index (χ0) is 15.8. The molecule has 0 atom stereocenters. The van der Waals surface area contributed by atoms with Gasteiger partial charge >= 0.3 is 0 Å². The highest BCUT2D eigenvalue weighted by Crippen LogP contribution is 2.29. The summed E-state index contributed by atoms with van der Waals surface area (Å²) in [6.07, 6.45) is 3.30. The highest BCUT2D eigenvalue weighted by Gasteiger charge is 2.38. The van der Waals surface area contributed by atoms with Gasteiger partial charge in [0.2, 0.25) is 0 Å². The van der Waals surface area contributed by atoms with Gasteiger partial charge in [-0.1, -0.05) is 11.6 Å². The Morgan fingerprint density at radius 3 is 2.52 bits per heavy atom. The van der Waals surface area contributed by atoms with Gasteiger partial charge in [-0.2, -0.15) is 5.10 Å². The minimum Gasteiger partial charge on any atom is -0.348 e. The monoisotopic (exact) mass is 312 g/mol. The number of rotatable bonds is 3. The fraction of sp³-hybridized carbons (Fsp3) is 0.733. The first-order valence-electron chi connectivity index (χ1n) is 7.45. The third-order valence-corrected chi connectivity index (χ3v) is 4.11. The van der Waals surface area contributed by atoms with Crippen LogP contribution in [0.1, 0.15) is 57.9 Å². The molecule has 21 heavy (non-hydrogen) atoms. The lowest BCUT2D eigenvalue weighted by molar-refractivity contribution is 0.0863. The van der Waals surface area contributed by atoms with Crippen LogP contribution < -0.4 is 10.6 Å². The normalized spacial score (nSPS) is 21.2. The number of aryl methyl sites for hydroxylation is 1. The van der Waals surface area contributed by atoms with Crippen molar-refractivity contribution in [3.63, 3.8) is 0 Å². The summed E-state index contributed by atoms with van der Waals surface area (Å²) in [6, 6.07) is 0.125. The molecule has 0 aromatic carbocycles. The summed E-state index contributed by atoms with van der Waals surface area (Å²) in [5.74, 6) is -0.141. The van der Waals surface area contributed by atoms with E-state index in [9.17, 15) is 4.79 Å². The number of hydrogen-bond acceptors (Lipinski definition) is 3. The molecule has 1 aromatic heterocycles. The maximum Gasteiger partial charge on any atom is 0.271 e. The van der Waals surface area contributed by atoms with Crippen LogP contribution in [0.15, 0.2) is 6.20 Å².